The first-order valence-electron chi connectivity index (χ1n) is 11.9. The molecule has 6 nitrogen and oxygen atoms in total. The first-order valence-corrected chi connectivity index (χ1v) is 13.0. The summed E-state index contributed by atoms with van der Waals surface area (Å²) >= 11 is 9.94. The number of pyridine rings is 1. The van der Waals surface area contributed by atoms with E-state index in [1.807, 2.05) is 43.3 Å². The standard InChI is InChI=1S/C27H29BrClN3O3/c1-16-6-5-13-32(16)26-17(2)25(21-14-19(28)10-11-23(21)31-26)27(35)30-15-18(9-12-24(33)34)20-7-3-4-8-22(20)29/h3-4,7-8,10-11,14,16,18H,5-6,9,12-13,15H2,1-2H3,(H,30,35)(H,33,34)/t16-,18+/m1/s1. The predicted molar refractivity (Wildman–Crippen MR) is 144 cm³/mol. The van der Waals surface area contributed by atoms with Gasteiger partial charge >= 0.3 is 5.97 Å². The lowest BCUT2D eigenvalue weighted by Gasteiger charge is -2.26. The van der Waals surface area contributed by atoms with Gasteiger partial charge in [0.25, 0.3) is 5.91 Å². The molecule has 2 aromatic carbocycles. The number of halogens is 2. The van der Waals surface area contributed by atoms with Crippen LogP contribution in [0, 0.1) is 6.92 Å². The predicted octanol–water partition coefficient (Wildman–Crippen LogP) is 6.33. The highest BCUT2D eigenvalue weighted by molar-refractivity contribution is 9.10. The van der Waals surface area contributed by atoms with E-state index in [0.29, 0.717) is 23.0 Å². The van der Waals surface area contributed by atoms with Crippen molar-refractivity contribution in [1.82, 2.24) is 10.3 Å². The summed E-state index contributed by atoms with van der Waals surface area (Å²) in [6, 6.07) is 13.5. The van der Waals surface area contributed by atoms with E-state index in [1.165, 1.54) is 0 Å². The van der Waals surface area contributed by atoms with Crippen LogP contribution in [0.5, 0.6) is 0 Å². The number of carbonyl (C=O) groups is 2. The maximum atomic E-state index is 13.7. The number of carbonyl (C=O) groups excluding carboxylic acids is 1. The Morgan fingerprint density at radius 2 is 2.06 bits per heavy atom. The van der Waals surface area contributed by atoms with Gasteiger partial charge < -0.3 is 15.3 Å². The molecule has 1 saturated heterocycles. The van der Waals surface area contributed by atoms with Crippen LogP contribution in [-0.2, 0) is 4.79 Å². The molecule has 1 aromatic heterocycles. The Morgan fingerprint density at radius 3 is 2.74 bits per heavy atom. The maximum absolute atomic E-state index is 13.7. The van der Waals surface area contributed by atoms with Crippen molar-refractivity contribution in [3.8, 4) is 0 Å². The second-order valence-corrected chi connectivity index (χ2v) is 10.5. The number of benzene rings is 2. The van der Waals surface area contributed by atoms with E-state index in [4.69, 9.17) is 16.6 Å². The summed E-state index contributed by atoms with van der Waals surface area (Å²) in [6.45, 7) is 5.35. The lowest BCUT2D eigenvalue weighted by molar-refractivity contribution is -0.137. The molecule has 1 aliphatic heterocycles. The summed E-state index contributed by atoms with van der Waals surface area (Å²) in [5.74, 6) is -0.447. The molecule has 2 atom stereocenters. The Labute approximate surface area is 218 Å². The van der Waals surface area contributed by atoms with Crippen LogP contribution in [0.2, 0.25) is 5.02 Å². The number of rotatable bonds is 8. The van der Waals surface area contributed by atoms with Crippen molar-refractivity contribution in [2.75, 3.05) is 18.0 Å². The molecule has 8 heteroatoms. The number of carboxylic acid groups (broad SMARTS) is 1. The number of nitrogens with zero attached hydrogens (tertiary/aromatic N) is 2. The van der Waals surface area contributed by atoms with Gasteiger partial charge in [0.2, 0.25) is 0 Å². The molecule has 0 unspecified atom stereocenters. The van der Waals surface area contributed by atoms with Gasteiger partial charge in [-0.25, -0.2) is 4.98 Å². The molecular weight excluding hydrogens is 530 g/mol. The van der Waals surface area contributed by atoms with Crippen LogP contribution >= 0.6 is 27.5 Å². The van der Waals surface area contributed by atoms with Gasteiger partial charge in [-0.1, -0.05) is 45.7 Å². The number of aromatic nitrogens is 1. The second-order valence-electron chi connectivity index (χ2n) is 9.14. The second kappa shape index (κ2) is 11.0. The van der Waals surface area contributed by atoms with Crippen LogP contribution in [0.1, 0.15) is 60.0 Å². The Kier molecular flexibility index (Phi) is 7.97. The largest absolute Gasteiger partial charge is 0.481 e. The molecular formula is C27H29BrClN3O3. The number of aliphatic carboxylic acids is 1. The van der Waals surface area contributed by atoms with Gasteiger partial charge in [-0.2, -0.15) is 0 Å². The molecule has 0 bridgehead atoms. The zero-order chi connectivity index (χ0) is 25.1. The summed E-state index contributed by atoms with van der Waals surface area (Å²) < 4.78 is 0.873. The number of amides is 1. The molecule has 0 saturated carbocycles. The quantitative estimate of drug-likeness (QED) is 0.338. The number of hydrogen-bond acceptors (Lipinski definition) is 4. The van der Waals surface area contributed by atoms with Crippen molar-refractivity contribution in [3.63, 3.8) is 0 Å². The van der Waals surface area contributed by atoms with Gasteiger partial charge in [0.05, 0.1) is 11.1 Å². The van der Waals surface area contributed by atoms with Crippen molar-refractivity contribution in [1.29, 1.82) is 0 Å². The smallest absolute Gasteiger partial charge is 0.303 e. The fraction of sp³-hybridized carbons (Fsp3) is 0.370. The minimum absolute atomic E-state index is 0.00702. The summed E-state index contributed by atoms with van der Waals surface area (Å²) in [5, 5.41) is 13.7. The van der Waals surface area contributed by atoms with Gasteiger partial charge in [-0.05, 0) is 62.9 Å². The molecule has 2 N–H and O–H groups in total. The van der Waals surface area contributed by atoms with E-state index >= 15 is 0 Å². The maximum Gasteiger partial charge on any atom is 0.303 e. The summed E-state index contributed by atoms with van der Waals surface area (Å²) in [6.07, 6.45) is 2.57. The van der Waals surface area contributed by atoms with Gasteiger partial charge in [0.15, 0.2) is 0 Å². The van der Waals surface area contributed by atoms with Gasteiger partial charge in [-0.3, -0.25) is 9.59 Å². The molecule has 0 spiro atoms. The lowest BCUT2D eigenvalue weighted by Crippen LogP contribution is -2.32. The summed E-state index contributed by atoms with van der Waals surface area (Å²) in [5.41, 5.74) is 3.05. The van der Waals surface area contributed by atoms with Crippen LogP contribution in [0.4, 0.5) is 5.82 Å². The van der Waals surface area contributed by atoms with E-state index in [2.05, 4.69) is 33.1 Å². The average Bonchev–Trinajstić information content (AvgIpc) is 3.24. The summed E-state index contributed by atoms with van der Waals surface area (Å²) in [7, 11) is 0. The fourth-order valence-electron chi connectivity index (χ4n) is 4.91. The van der Waals surface area contributed by atoms with E-state index in [-0.39, 0.29) is 24.8 Å². The van der Waals surface area contributed by atoms with Crippen LogP contribution in [0.25, 0.3) is 10.9 Å². The van der Waals surface area contributed by atoms with Crippen molar-refractivity contribution < 1.29 is 14.7 Å². The molecule has 3 aromatic rings. The third-order valence-electron chi connectivity index (χ3n) is 6.78. The first kappa shape index (κ1) is 25.5. The van der Waals surface area contributed by atoms with Gasteiger partial charge in [0, 0.05) is 51.9 Å². The normalized spacial score (nSPS) is 16.5. The molecule has 4 rings (SSSR count). The molecule has 1 fully saturated rings. The van der Waals surface area contributed by atoms with Gasteiger partial charge in [0.1, 0.15) is 5.82 Å². The highest BCUT2D eigenvalue weighted by Crippen LogP contribution is 2.34. The lowest BCUT2D eigenvalue weighted by atomic mass is 9.93. The van der Waals surface area contributed by atoms with E-state index in [9.17, 15) is 14.7 Å². The minimum atomic E-state index is -0.876. The molecule has 0 aliphatic carbocycles. The topological polar surface area (TPSA) is 82.5 Å². The van der Waals surface area contributed by atoms with Crippen molar-refractivity contribution in [2.45, 2.75) is 51.5 Å². The number of anilines is 1. The highest BCUT2D eigenvalue weighted by Gasteiger charge is 2.27. The average molecular weight is 559 g/mol. The number of fused-ring (bicyclic) bond motifs is 1. The van der Waals surface area contributed by atoms with Crippen LogP contribution < -0.4 is 10.2 Å². The Morgan fingerprint density at radius 1 is 1.29 bits per heavy atom. The van der Waals surface area contributed by atoms with Gasteiger partial charge in [-0.15, -0.1) is 0 Å². The molecule has 1 amide bonds. The van der Waals surface area contributed by atoms with E-state index in [1.54, 1.807) is 6.07 Å². The van der Waals surface area contributed by atoms with Crippen LogP contribution in [-0.4, -0.2) is 41.1 Å². The SMILES string of the molecule is Cc1c(N2CCC[C@H]2C)nc2ccc(Br)cc2c1C(=O)NC[C@H](CCC(=O)O)c1ccccc1Cl. The first-order chi connectivity index (χ1) is 16.8. The third-order valence-corrected chi connectivity index (χ3v) is 7.61. The highest BCUT2D eigenvalue weighted by atomic mass is 79.9. The fourth-order valence-corrected chi connectivity index (χ4v) is 5.56. The Bertz CT molecular complexity index is 1270. The zero-order valence-electron chi connectivity index (χ0n) is 19.9. The van der Waals surface area contributed by atoms with Crippen molar-refractivity contribution >= 4 is 56.1 Å². The number of nitrogens with one attached hydrogen (secondary N) is 1. The third kappa shape index (κ3) is 5.62. The van der Waals surface area contributed by atoms with E-state index in [0.717, 1.165) is 51.7 Å². The van der Waals surface area contributed by atoms with E-state index < -0.39 is 5.97 Å². The van der Waals surface area contributed by atoms with Crippen LogP contribution in [0.15, 0.2) is 46.9 Å². The van der Waals surface area contributed by atoms with Crippen molar-refractivity contribution in [2.24, 2.45) is 0 Å². The summed E-state index contributed by atoms with van der Waals surface area (Å²) in [4.78, 5) is 32.2. The molecule has 184 valence electrons. The monoisotopic (exact) mass is 557 g/mol. The number of carboxylic acids is 1. The van der Waals surface area contributed by atoms with Crippen LogP contribution in [0.3, 0.4) is 0 Å². The molecule has 0 radical (unpaired) electrons. The van der Waals surface area contributed by atoms with Crippen molar-refractivity contribution in [3.05, 3.63) is 68.7 Å². The Balaban J connectivity index is 1.69. The minimum Gasteiger partial charge on any atom is -0.481 e. The molecule has 2 heterocycles. The number of hydrogen-bond donors (Lipinski definition) is 2. The zero-order valence-corrected chi connectivity index (χ0v) is 22.2. The Hall–Kier alpha value is -2.64. The molecule has 35 heavy (non-hydrogen) atoms. The molecule has 1 aliphatic rings.